The van der Waals surface area contributed by atoms with E-state index in [9.17, 15) is 10.1 Å². The van der Waals surface area contributed by atoms with Crippen LogP contribution in [0.15, 0.2) is 16.6 Å². The summed E-state index contributed by atoms with van der Waals surface area (Å²) >= 11 is 3.17. The highest BCUT2D eigenvalue weighted by Gasteiger charge is 2.18. The van der Waals surface area contributed by atoms with Crippen LogP contribution in [0, 0.1) is 17.0 Å². The van der Waals surface area contributed by atoms with Crippen molar-refractivity contribution >= 4 is 21.6 Å². The number of nitrogens with zero attached hydrogens (tertiary/aromatic N) is 1. The van der Waals surface area contributed by atoms with E-state index in [-0.39, 0.29) is 24.7 Å². The molecule has 0 aliphatic heterocycles. The van der Waals surface area contributed by atoms with Crippen molar-refractivity contribution in [3.63, 3.8) is 0 Å². The maximum absolute atomic E-state index is 10.7. The Kier molecular flexibility index (Phi) is 4.05. The van der Waals surface area contributed by atoms with Crippen molar-refractivity contribution in [3.05, 3.63) is 32.3 Å². The van der Waals surface area contributed by atoms with Crippen molar-refractivity contribution in [3.8, 4) is 5.75 Å². The number of nitro groups is 1. The zero-order chi connectivity index (χ0) is 11.4. The van der Waals surface area contributed by atoms with Crippen LogP contribution in [0.3, 0.4) is 0 Å². The van der Waals surface area contributed by atoms with Gasteiger partial charge in [0.05, 0.1) is 11.5 Å². The van der Waals surface area contributed by atoms with Gasteiger partial charge in [-0.3, -0.25) is 10.1 Å². The first-order valence-corrected chi connectivity index (χ1v) is 5.03. The summed E-state index contributed by atoms with van der Waals surface area (Å²) < 4.78 is 5.75. The molecule has 0 aliphatic carbocycles. The van der Waals surface area contributed by atoms with Crippen molar-refractivity contribution in [2.45, 2.75) is 6.92 Å². The predicted molar refractivity (Wildman–Crippen MR) is 58.1 cm³/mol. The second kappa shape index (κ2) is 5.09. The Bertz CT molecular complexity index is 381. The van der Waals surface area contributed by atoms with Gasteiger partial charge >= 0.3 is 5.69 Å². The first-order chi connectivity index (χ1) is 7.06. The van der Waals surface area contributed by atoms with E-state index in [4.69, 9.17) is 9.84 Å². The molecule has 0 saturated carbocycles. The number of hydrogen-bond donors (Lipinski definition) is 1. The minimum absolute atomic E-state index is 0.0450. The van der Waals surface area contributed by atoms with Gasteiger partial charge in [-0.25, -0.2) is 0 Å². The zero-order valence-corrected chi connectivity index (χ0v) is 9.65. The summed E-state index contributed by atoms with van der Waals surface area (Å²) in [6, 6.07) is 3.10. The molecular weight excluding hydrogens is 266 g/mol. The molecule has 5 nitrogen and oxygen atoms in total. The first-order valence-electron chi connectivity index (χ1n) is 4.24. The van der Waals surface area contributed by atoms with E-state index < -0.39 is 4.92 Å². The van der Waals surface area contributed by atoms with E-state index >= 15 is 0 Å². The molecule has 0 atom stereocenters. The number of aliphatic hydroxyl groups is 1. The van der Waals surface area contributed by atoms with Crippen LogP contribution >= 0.6 is 15.9 Å². The maximum atomic E-state index is 10.7. The lowest BCUT2D eigenvalue weighted by atomic mass is 10.2. The number of halogens is 1. The normalized spacial score (nSPS) is 10.1. The summed E-state index contributed by atoms with van der Waals surface area (Å²) in [5.41, 5.74) is 0.555. The fourth-order valence-electron chi connectivity index (χ4n) is 1.18. The molecule has 15 heavy (non-hydrogen) atoms. The average molecular weight is 276 g/mol. The Labute approximate surface area is 95.0 Å². The molecule has 0 heterocycles. The SMILES string of the molecule is Cc1cc(Br)cc([N+](=O)[O-])c1OCCO. The zero-order valence-electron chi connectivity index (χ0n) is 8.07. The second-order valence-corrected chi connectivity index (χ2v) is 3.82. The molecule has 0 amide bonds. The number of hydrogen-bond acceptors (Lipinski definition) is 4. The van der Waals surface area contributed by atoms with E-state index in [0.717, 1.165) is 0 Å². The van der Waals surface area contributed by atoms with Crippen LogP contribution in [0.1, 0.15) is 5.56 Å². The lowest BCUT2D eigenvalue weighted by Gasteiger charge is -2.08. The van der Waals surface area contributed by atoms with Crippen molar-refractivity contribution < 1.29 is 14.8 Å². The molecule has 1 N–H and O–H groups in total. The number of aryl methyl sites for hydroxylation is 1. The largest absolute Gasteiger partial charge is 0.484 e. The van der Waals surface area contributed by atoms with Crippen LogP contribution in [-0.2, 0) is 0 Å². The Balaban J connectivity index is 3.15. The molecule has 0 aromatic heterocycles. The fraction of sp³-hybridized carbons (Fsp3) is 0.333. The third-order valence-electron chi connectivity index (χ3n) is 1.75. The van der Waals surface area contributed by atoms with E-state index in [1.54, 1.807) is 13.0 Å². The molecule has 1 aromatic rings. The number of benzene rings is 1. The lowest BCUT2D eigenvalue weighted by molar-refractivity contribution is -0.386. The van der Waals surface area contributed by atoms with Crippen molar-refractivity contribution in [1.29, 1.82) is 0 Å². The van der Waals surface area contributed by atoms with Crippen LogP contribution < -0.4 is 4.74 Å². The van der Waals surface area contributed by atoms with Gasteiger partial charge in [0.2, 0.25) is 0 Å². The summed E-state index contributed by atoms with van der Waals surface area (Å²) in [4.78, 5) is 10.2. The van der Waals surface area contributed by atoms with Gasteiger partial charge in [0.15, 0.2) is 5.75 Å². The Morgan fingerprint density at radius 3 is 2.80 bits per heavy atom. The van der Waals surface area contributed by atoms with Crippen LogP contribution in [0.25, 0.3) is 0 Å². The number of aliphatic hydroxyl groups excluding tert-OH is 1. The van der Waals surface area contributed by atoms with Gasteiger partial charge in [-0.05, 0) is 18.6 Å². The lowest BCUT2D eigenvalue weighted by Crippen LogP contribution is -2.05. The van der Waals surface area contributed by atoms with Gasteiger partial charge in [0.1, 0.15) is 6.61 Å². The molecule has 82 valence electrons. The maximum Gasteiger partial charge on any atom is 0.312 e. The topological polar surface area (TPSA) is 72.6 Å². The Morgan fingerprint density at radius 2 is 2.27 bits per heavy atom. The van der Waals surface area contributed by atoms with E-state index in [2.05, 4.69) is 15.9 Å². The number of ether oxygens (including phenoxy) is 1. The van der Waals surface area contributed by atoms with E-state index in [0.29, 0.717) is 10.0 Å². The third kappa shape index (κ3) is 2.90. The molecular formula is C9H10BrNO4. The molecule has 0 saturated heterocycles. The van der Waals surface area contributed by atoms with Gasteiger partial charge in [-0.1, -0.05) is 15.9 Å². The second-order valence-electron chi connectivity index (χ2n) is 2.90. The van der Waals surface area contributed by atoms with E-state index in [1.165, 1.54) is 6.07 Å². The highest BCUT2D eigenvalue weighted by Crippen LogP contribution is 2.33. The van der Waals surface area contributed by atoms with Crippen molar-refractivity contribution in [1.82, 2.24) is 0 Å². The first kappa shape index (κ1) is 11.9. The molecule has 0 spiro atoms. The highest BCUT2D eigenvalue weighted by molar-refractivity contribution is 9.10. The van der Waals surface area contributed by atoms with Crippen LogP contribution in [-0.4, -0.2) is 23.2 Å². The third-order valence-corrected chi connectivity index (χ3v) is 2.21. The molecule has 0 aliphatic rings. The average Bonchev–Trinajstić information content (AvgIpc) is 2.15. The van der Waals surface area contributed by atoms with Gasteiger partial charge in [0.25, 0.3) is 0 Å². The minimum Gasteiger partial charge on any atom is -0.484 e. The monoisotopic (exact) mass is 275 g/mol. The standard InChI is InChI=1S/C9H10BrNO4/c1-6-4-7(10)5-8(11(13)14)9(6)15-3-2-12/h4-5,12H,2-3H2,1H3. The summed E-state index contributed by atoms with van der Waals surface area (Å²) in [7, 11) is 0. The van der Waals surface area contributed by atoms with Gasteiger partial charge < -0.3 is 9.84 Å². The summed E-state index contributed by atoms with van der Waals surface area (Å²) in [6.45, 7) is 1.58. The van der Waals surface area contributed by atoms with Crippen LogP contribution in [0.2, 0.25) is 0 Å². The van der Waals surface area contributed by atoms with Crippen molar-refractivity contribution in [2.24, 2.45) is 0 Å². The highest BCUT2D eigenvalue weighted by atomic mass is 79.9. The van der Waals surface area contributed by atoms with Gasteiger partial charge in [0, 0.05) is 10.5 Å². The Hall–Kier alpha value is -1.14. The molecule has 0 bridgehead atoms. The van der Waals surface area contributed by atoms with Crippen LogP contribution in [0.4, 0.5) is 5.69 Å². The minimum atomic E-state index is -0.509. The molecule has 0 unspecified atom stereocenters. The summed E-state index contributed by atoms with van der Waals surface area (Å²) in [6.07, 6.45) is 0. The molecule has 0 fully saturated rings. The Morgan fingerprint density at radius 1 is 1.60 bits per heavy atom. The number of nitro benzene ring substituents is 1. The summed E-state index contributed by atoms with van der Waals surface area (Å²) in [5.74, 6) is 0.206. The predicted octanol–water partition coefficient (Wildman–Crippen LogP) is 2.04. The smallest absolute Gasteiger partial charge is 0.312 e. The molecule has 1 aromatic carbocycles. The van der Waals surface area contributed by atoms with Crippen molar-refractivity contribution in [2.75, 3.05) is 13.2 Å². The molecule has 1 rings (SSSR count). The molecule has 6 heteroatoms. The van der Waals surface area contributed by atoms with Gasteiger partial charge in [-0.2, -0.15) is 0 Å². The fourth-order valence-corrected chi connectivity index (χ4v) is 1.74. The van der Waals surface area contributed by atoms with E-state index in [1.807, 2.05) is 0 Å². The molecule has 0 radical (unpaired) electrons. The van der Waals surface area contributed by atoms with Gasteiger partial charge in [-0.15, -0.1) is 0 Å². The summed E-state index contributed by atoms with van der Waals surface area (Å²) in [5, 5.41) is 19.3. The number of rotatable bonds is 4. The quantitative estimate of drug-likeness (QED) is 0.674. The van der Waals surface area contributed by atoms with Crippen LogP contribution in [0.5, 0.6) is 5.75 Å².